The van der Waals surface area contributed by atoms with Crippen molar-refractivity contribution in [1.82, 2.24) is 15.3 Å². The summed E-state index contributed by atoms with van der Waals surface area (Å²) < 4.78 is 4.85. The van der Waals surface area contributed by atoms with Gasteiger partial charge in [0.2, 0.25) is 5.91 Å². The third-order valence-electron chi connectivity index (χ3n) is 2.31. The normalized spacial score (nSPS) is 9.90. The molecule has 0 aromatic carbocycles. The summed E-state index contributed by atoms with van der Waals surface area (Å²) in [5.74, 6) is -2.65. The Bertz CT molecular complexity index is 668. The van der Waals surface area contributed by atoms with Crippen molar-refractivity contribution in [2.24, 2.45) is 0 Å². The van der Waals surface area contributed by atoms with Crippen molar-refractivity contribution >= 4 is 23.6 Å². The third-order valence-corrected chi connectivity index (χ3v) is 2.31. The molecule has 108 valence electrons. The average Bonchev–Trinajstić information content (AvgIpc) is 2.99. The van der Waals surface area contributed by atoms with E-state index in [9.17, 15) is 14.4 Å². The van der Waals surface area contributed by atoms with E-state index in [4.69, 9.17) is 9.52 Å². The summed E-state index contributed by atoms with van der Waals surface area (Å²) >= 11 is 0. The Morgan fingerprint density at radius 3 is 2.67 bits per heavy atom. The molecule has 0 unspecified atom stereocenters. The van der Waals surface area contributed by atoms with Gasteiger partial charge in [-0.2, -0.15) is 0 Å². The highest BCUT2D eigenvalue weighted by Gasteiger charge is 2.16. The van der Waals surface area contributed by atoms with Crippen molar-refractivity contribution in [3.8, 4) is 0 Å². The summed E-state index contributed by atoms with van der Waals surface area (Å²) in [6.45, 7) is -0.366. The maximum atomic E-state index is 11.6. The van der Waals surface area contributed by atoms with Crippen molar-refractivity contribution in [3.05, 3.63) is 42.2 Å². The molecular weight excluding hydrogens is 280 g/mol. The Morgan fingerprint density at radius 1 is 1.24 bits per heavy atom. The van der Waals surface area contributed by atoms with E-state index in [2.05, 4.69) is 20.6 Å². The lowest BCUT2D eigenvalue weighted by atomic mass is 10.4. The van der Waals surface area contributed by atoms with Gasteiger partial charge in [-0.15, -0.1) is 0 Å². The first-order chi connectivity index (χ1) is 10.1. The molecule has 2 amide bonds. The van der Waals surface area contributed by atoms with Gasteiger partial charge in [-0.05, 0) is 12.1 Å². The van der Waals surface area contributed by atoms with Gasteiger partial charge in [-0.1, -0.05) is 0 Å². The quantitative estimate of drug-likeness (QED) is 0.712. The Balaban J connectivity index is 1.93. The SMILES string of the molecule is O=C(CNC(=O)c1ccco1)Nc1nccnc1C(=O)O. The number of aromatic nitrogens is 2. The fraction of sp³-hybridized carbons (Fsp3) is 0.0833. The van der Waals surface area contributed by atoms with E-state index in [1.165, 1.54) is 30.8 Å². The molecule has 2 heterocycles. The zero-order chi connectivity index (χ0) is 15.2. The van der Waals surface area contributed by atoms with Crippen molar-refractivity contribution < 1.29 is 23.9 Å². The van der Waals surface area contributed by atoms with E-state index in [0.29, 0.717) is 0 Å². The predicted octanol–water partition coefficient (Wildman–Crippen LogP) is 0.136. The minimum Gasteiger partial charge on any atom is -0.476 e. The number of carboxylic acid groups (broad SMARTS) is 1. The topological polar surface area (TPSA) is 134 Å². The predicted molar refractivity (Wildman–Crippen MR) is 68.7 cm³/mol. The number of furan rings is 1. The van der Waals surface area contributed by atoms with Gasteiger partial charge in [0, 0.05) is 12.4 Å². The fourth-order valence-corrected chi connectivity index (χ4v) is 1.42. The molecule has 0 radical (unpaired) electrons. The second-order valence-electron chi connectivity index (χ2n) is 3.77. The van der Waals surface area contributed by atoms with Crippen LogP contribution >= 0.6 is 0 Å². The number of anilines is 1. The van der Waals surface area contributed by atoms with E-state index >= 15 is 0 Å². The number of amides is 2. The molecule has 0 fully saturated rings. The smallest absolute Gasteiger partial charge is 0.358 e. The highest BCUT2D eigenvalue weighted by atomic mass is 16.4. The van der Waals surface area contributed by atoms with Gasteiger partial charge in [0.15, 0.2) is 17.3 Å². The van der Waals surface area contributed by atoms with E-state index in [0.717, 1.165) is 0 Å². The third kappa shape index (κ3) is 3.62. The molecule has 0 aliphatic heterocycles. The molecule has 3 N–H and O–H groups in total. The minimum atomic E-state index is -1.32. The number of carbonyl (C=O) groups is 3. The Morgan fingerprint density at radius 2 is 2.00 bits per heavy atom. The lowest BCUT2D eigenvalue weighted by Crippen LogP contribution is -2.33. The number of aromatic carboxylic acids is 1. The van der Waals surface area contributed by atoms with Crippen LogP contribution in [0.4, 0.5) is 5.82 Å². The molecule has 9 heteroatoms. The second kappa shape index (κ2) is 6.28. The molecule has 0 saturated carbocycles. The number of rotatable bonds is 5. The minimum absolute atomic E-state index is 0.0635. The summed E-state index contributed by atoms with van der Waals surface area (Å²) in [5.41, 5.74) is -0.386. The zero-order valence-corrected chi connectivity index (χ0v) is 10.6. The summed E-state index contributed by atoms with van der Waals surface area (Å²) in [6, 6.07) is 2.98. The Labute approximate surface area is 118 Å². The Kier molecular flexibility index (Phi) is 4.24. The molecule has 0 spiro atoms. The van der Waals surface area contributed by atoms with Crippen LogP contribution in [0, 0.1) is 0 Å². The largest absolute Gasteiger partial charge is 0.476 e. The molecule has 2 rings (SSSR count). The fourth-order valence-electron chi connectivity index (χ4n) is 1.42. The van der Waals surface area contributed by atoms with Crippen LogP contribution in [0.15, 0.2) is 35.2 Å². The average molecular weight is 290 g/mol. The molecule has 2 aromatic rings. The van der Waals surface area contributed by atoms with Crippen LogP contribution in [-0.2, 0) is 4.79 Å². The van der Waals surface area contributed by atoms with Crippen molar-refractivity contribution in [2.75, 3.05) is 11.9 Å². The number of hydrogen-bond acceptors (Lipinski definition) is 6. The highest BCUT2D eigenvalue weighted by Crippen LogP contribution is 2.07. The number of nitrogens with zero attached hydrogens (tertiary/aromatic N) is 2. The van der Waals surface area contributed by atoms with Crippen LogP contribution in [0.1, 0.15) is 21.0 Å². The number of hydrogen-bond donors (Lipinski definition) is 3. The summed E-state index contributed by atoms with van der Waals surface area (Å²) in [6.07, 6.45) is 3.76. The lowest BCUT2D eigenvalue weighted by molar-refractivity contribution is -0.115. The van der Waals surface area contributed by atoms with E-state index in [1.54, 1.807) is 0 Å². The van der Waals surface area contributed by atoms with Crippen LogP contribution in [0.2, 0.25) is 0 Å². The molecule has 0 aliphatic carbocycles. The van der Waals surface area contributed by atoms with Gasteiger partial charge in [0.05, 0.1) is 12.8 Å². The maximum Gasteiger partial charge on any atom is 0.358 e. The van der Waals surface area contributed by atoms with Crippen LogP contribution in [0.25, 0.3) is 0 Å². The number of nitrogens with one attached hydrogen (secondary N) is 2. The molecule has 0 aliphatic rings. The van der Waals surface area contributed by atoms with Gasteiger partial charge >= 0.3 is 5.97 Å². The molecule has 2 aromatic heterocycles. The van der Waals surface area contributed by atoms with E-state index < -0.39 is 17.8 Å². The van der Waals surface area contributed by atoms with Crippen LogP contribution in [0.5, 0.6) is 0 Å². The van der Waals surface area contributed by atoms with Crippen LogP contribution in [0.3, 0.4) is 0 Å². The zero-order valence-electron chi connectivity index (χ0n) is 10.6. The van der Waals surface area contributed by atoms with Crippen molar-refractivity contribution in [3.63, 3.8) is 0 Å². The molecule has 0 atom stereocenters. The molecular formula is C12H10N4O5. The molecule has 0 bridgehead atoms. The highest BCUT2D eigenvalue weighted by molar-refractivity contribution is 6.00. The van der Waals surface area contributed by atoms with Crippen molar-refractivity contribution in [1.29, 1.82) is 0 Å². The summed E-state index contributed by atoms with van der Waals surface area (Å²) in [5, 5.41) is 13.5. The maximum absolute atomic E-state index is 11.6. The second-order valence-corrected chi connectivity index (χ2v) is 3.77. The van der Waals surface area contributed by atoms with Gasteiger partial charge in [-0.25, -0.2) is 14.8 Å². The van der Waals surface area contributed by atoms with E-state index in [1.807, 2.05) is 0 Å². The van der Waals surface area contributed by atoms with Crippen LogP contribution < -0.4 is 10.6 Å². The van der Waals surface area contributed by atoms with Crippen LogP contribution in [-0.4, -0.2) is 39.4 Å². The molecule has 0 saturated heterocycles. The first-order valence-corrected chi connectivity index (χ1v) is 5.74. The first kappa shape index (κ1) is 14.2. The summed E-state index contributed by atoms with van der Waals surface area (Å²) in [7, 11) is 0. The molecule has 21 heavy (non-hydrogen) atoms. The monoisotopic (exact) mass is 290 g/mol. The van der Waals surface area contributed by atoms with Gasteiger partial charge in [0.25, 0.3) is 5.91 Å². The Hall–Kier alpha value is -3.23. The first-order valence-electron chi connectivity index (χ1n) is 5.74. The number of carbonyl (C=O) groups excluding carboxylic acids is 2. The van der Waals surface area contributed by atoms with Gasteiger partial charge < -0.3 is 20.2 Å². The summed E-state index contributed by atoms with van der Waals surface area (Å²) in [4.78, 5) is 41.4. The van der Waals surface area contributed by atoms with Gasteiger partial charge in [-0.3, -0.25) is 9.59 Å². The number of carboxylic acids is 1. The van der Waals surface area contributed by atoms with E-state index in [-0.39, 0.29) is 23.8 Å². The standard InChI is InChI=1S/C12H10N4O5/c17-8(6-15-11(18)7-2-1-5-21-7)16-10-9(12(19)20)13-3-4-14-10/h1-5H,6H2,(H,15,18)(H,19,20)(H,14,16,17). The van der Waals surface area contributed by atoms with Gasteiger partial charge in [0.1, 0.15) is 0 Å². The molecule has 9 nitrogen and oxygen atoms in total. The van der Waals surface area contributed by atoms with Crippen molar-refractivity contribution in [2.45, 2.75) is 0 Å². The lowest BCUT2D eigenvalue weighted by Gasteiger charge is -2.06.